The van der Waals surface area contributed by atoms with Crippen LogP contribution in [0.15, 0.2) is 24.3 Å². The Kier molecular flexibility index (Phi) is 5.82. The maximum absolute atomic E-state index is 11.5. The fraction of sp³-hybridized carbons (Fsp3) is 0.571. The normalized spacial score (nSPS) is 14.9. The lowest BCUT2D eigenvalue weighted by Crippen LogP contribution is -2.31. The molecular formula is C14H23NO3S. The number of benzene rings is 1. The van der Waals surface area contributed by atoms with E-state index >= 15 is 0 Å². The lowest BCUT2D eigenvalue weighted by atomic mass is 10.1. The maximum atomic E-state index is 11.5. The van der Waals surface area contributed by atoms with E-state index < -0.39 is 15.1 Å². The fourth-order valence-electron chi connectivity index (χ4n) is 1.71. The molecule has 0 radical (unpaired) electrons. The third kappa shape index (κ3) is 5.20. The number of likely N-dealkylation sites (N-methyl/N-ethyl adjacent to an activating group) is 1. The van der Waals surface area contributed by atoms with Crippen molar-refractivity contribution >= 4 is 9.84 Å². The first-order valence-electron chi connectivity index (χ1n) is 6.49. The van der Waals surface area contributed by atoms with Gasteiger partial charge in [-0.15, -0.1) is 0 Å². The van der Waals surface area contributed by atoms with Gasteiger partial charge in [0.15, 0.2) is 9.84 Å². The van der Waals surface area contributed by atoms with Gasteiger partial charge in [0.2, 0.25) is 0 Å². The summed E-state index contributed by atoms with van der Waals surface area (Å²) < 4.78 is 28.6. The molecule has 1 rings (SSSR count). The summed E-state index contributed by atoms with van der Waals surface area (Å²) in [6.07, 6.45) is 1.25. The Morgan fingerprint density at radius 3 is 2.26 bits per heavy atom. The summed E-state index contributed by atoms with van der Waals surface area (Å²) in [5.74, 6) is 0.759. The molecule has 0 fully saturated rings. The molecule has 4 nitrogen and oxygen atoms in total. The Morgan fingerprint density at radius 2 is 1.79 bits per heavy atom. The molecule has 0 aromatic heterocycles. The molecule has 0 aliphatic heterocycles. The quantitative estimate of drug-likeness (QED) is 0.834. The Balaban J connectivity index is 2.62. The van der Waals surface area contributed by atoms with E-state index in [0.29, 0.717) is 12.6 Å². The Hall–Kier alpha value is -1.07. The largest absolute Gasteiger partial charge is 0.492 e. The number of sulfone groups is 1. The average molecular weight is 285 g/mol. The third-order valence-corrected chi connectivity index (χ3v) is 4.60. The molecule has 0 spiro atoms. The average Bonchev–Trinajstić information content (AvgIpc) is 2.35. The zero-order chi connectivity index (χ0) is 14.5. The van der Waals surface area contributed by atoms with Gasteiger partial charge in [-0.2, -0.15) is 0 Å². The molecule has 0 saturated heterocycles. The summed E-state index contributed by atoms with van der Waals surface area (Å²) in [5, 5.41) is 2.78. The fourth-order valence-corrected chi connectivity index (χ4v) is 2.36. The van der Waals surface area contributed by atoms with Gasteiger partial charge in [-0.25, -0.2) is 8.42 Å². The van der Waals surface area contributed by atoms with E-state index in [9.17, 15) is 8.42 Å². The summed E-state index contributed by atoms with van der Waals surface area (Å²) in [7, 11) is -3.05. The second-order valence-corrected chi connectivity index (χ2v) is 7.18. The molecule has 0 aliphatic rings. The Morgan fingerprint density at radius 1 is 1.21 bits per heavy atom. The monoisotopic (exact) mass is 285 g/mol. The molecule has 5 heteroatoms. The van der Waals surface area contributed by atoms with Crippen LogP contribution in [0.1, 0.15) is 31.6 Å². The highest BCUT2D eigenvalue weighted by atomic mass is 32.2. The topological polar surface area (TPSA) is 55.4 Å². The van der Waals surface area contributed by atoms with Crippen LogP contribution >= 0.6 is 0 Å². The standard InChI is InChI=1S/C14H23NO3S/c1-5-15-11(2)10-18-14-8-6-13(7-9-14)12(3)19(4,16)17/h6-9,11-12,15H,5,10H2,1-4H3/t11-,12?/m0/s1. The number of nitrogens with one attached hydrogen (secondary N) is 1. The minimum atomic E-state index is -3.05. The van der Waals surface area contributed by atoms with Gasteiger partial charge in [-0.3, -0.25) is 0 Å². The molecule has 0 bridgehead atoms. The third-order valence-electron chi connectivity index (χ3n) is 3.04. The van der Waals surface area contributed by atoms with Crippen LogP contribution in [-0.2, 0) is 9.84 Å². The molecular weight excluding hydrogens is 262 g/mol. The van der Waals surface area contributed by atoms with Crippen LogP contribution in [0, 0.1) is 0 Å². The van der Waals surface area contributed by atoms with Gasteiger partial charge in [0.05, 0.1) is 5.25 Å². The predicted molar refractivity (Wildman–Crippen MR) is 78.3 cm³/mol. The van der Waals surface area contributed by atoms with E-state index in [1.165, 1.54) is 6.26 Å². The Labute approximate surface area is 116 Å². The summed E-state index contributed by atoms with van der Waals surface area (Å²) in [4.78, 5) is 0. The van der Waals surface area contributed by atoms with Gasteiger partial charge in [0.25, 0.3) is 0 Å². The lowest BCUT2D eigenvalue weighted by molar-refractivity contribution is 0.275. The minimum Gasteiger partial charge on any atom is -0.492 e. The van der Waals surface area contributed by atoms with Gasteiger partial charge >= 0.3 is 0 Å². The van der Waals surface area contributed by atoms with Crippen molar-refractivity contribution in [2.45, 2.75) is 32.1 Å². The van der Waals surface area contributed by atoms with Crippen molar-refractivity contribution in [2.24, 2.45) is 0 Å². The molecule has 1 N–H and O–H groups in total. The smallest absolute Gasteiger partial charge is 0.154 e. The number of hydrogen-bond acceptors (Lipinski definition) is 4. The molecule has 1 aromatic carbocycles. The summed E-state index contributed by atoms with van der Waals surface area (Å²) >= 11 is 0. The van der Waals surface area contributed by atoms with Crippen molar-refractivity contribution in [1.29, 1.82) is 0 Å². The van der Waals surface area contributed by atoms with Crippen molar-refractivity contribution in [2.75, 3.05) is 19.4 Å². The molecule has 0 amide bonds. The van der Waals surface area contributed by atoms with Crippen LogP contribution in [0.5, 0.6) is 5.75 Å². The number of ether oxygens (including phenoxy) is 1. The van der Waals surface area contributed by atoms with Gasteiger partial charge in [-0.05, 0) is 38.1 Å². The van der Waals surface area contributed by atoms with Crippen LogP contribution in [0.2, 0.25) is 0 Å². The second-order valence-electron chi connectivity index (χ2n) is 4.81. The molecule has 0 heterocycles. The van der Waals surface area contributed by atoms with Crippen LogP contribution in [-0.4, -0.2) is 33.9 Å². The van der Waals surface area contributed by atoms with Gasteiger partial charge in [0.1, 0.15) is 12.4 Å². The molecule has 0 saturated carbocycles. The summed E-state index contributed by atoms with van der Waals surface area (Å²) in [5.41, 5.74) is 0.787. The maximum Gasteiger partial charge on any atom is 0.154 e. The van der Waals surface area contributed by atoms with Crippen LogP contribution in [0.25, 0.3) is 0 Å². The molecule has 19 heavy (non-hydrogen) atoms. The molecule has 1 aromatic rings. The SMILES string of the molecule is CCN[C@@H](C)COc1ccc(C(C)S(C)(=O)=O)cc1. The van der Waals surface area contributed by atoms with Gasteiger partial charge in [-0.1, -0.05) is 19.1 Å². The van der Waals surface area contributed by atoms with E-state index in [1.54, 1.807) is 19.1 Å². The van der Waals surface area contributed by atoms with E-state index in [1.807, 2.05) is 12.1 Å². The van der Waals surface area contributed by atoms with Crippen molar-refractivity contribution in [3.8, 4) is 5.75 Å². The van der Waals surface area contributed by atoms with Crippen molar-refractivity contribution in [3.05, 3.63) is 29.8 Å². The van der Waals surface area contributed by atoms with Crippen molar-refractivity contribution in [3.63, 3.8) is 0 Å². The number of hydrogen-bond donors (Lipinski definition) is 1. The number of rotatable bonds is 7. The Bertz CT molecular complexity index is 482. The molecule has 0 aliphatic carbocycles. The minimum absolute atomic E-state index is 0.291. The molecule has 1 unspecified atom stereocenters. The highest BCUT2D eigenvalue weighted by Crippen LogP contribution is 2.23. The van der Waals surface area contributed by atoms with E-state index in [2.05, 4.69) is 19.2 Å². The van der Waals surface area contributed by atoms with Crippen molar-refractivity contribution in [1.82, 2.24) is 5.32 Å². The van der Waals surface area contributed by atoms with E-state index in [-0.39, 0.29) is 0 Å². The zero-order valence-electron chi connectivity index (χ0n) is 12.0. The van der Waals surface area contributed by atoms with Crippen LogP contribution < -0.4 is 10.1 Å². The lowest BCUT2D eigenvalue weighted by Gasteiger charge is -2.14. The van der Waals surface area contributed by atoms with Gasteiger partial charge in [0, 0.05) is 12.3 Å². The van der Waals surface area contributed by atoms with Crippen LogP contribution in [0.3, 0.4) is 0 Å². The van der Waals surface area contributed by atoms with Gasteiger partial charge < -0.3 is 10.1 Å². The zero-order valence-corrected chi connectivity index (χ0v) is 12.8. The molecule has 108 valence electrons. The van der Waals surface area contributed by atoms with Crippen LogP contribution in [0.4, 0.5) is 0 Å². The summed E-state index contributed by atoms with van der Waals surface area (Å²) in [6, 6.07) is 7.53. The molecule has 2 atom stereocenters. The van der Waals surface area contributed by atoms with Crippen molar-refractivity contribution < 1.29 is 13.2 Å². The highest BCUT2D eigenvalue weighted by molar-refractivity contribution is 7.90. The second kappa shape index (κ2) is 6.91. The summed E-state index contributed by atoms with van der Waals surface area (Å²) in [6.45, 7) is 7.31. The first kappa shape index (κ1) is 16.0. The predicted octanol–water partition coefficient (Wildman–Crippen LogP) is 2.17. The van der Waals surface area contributed by atoms with E-state index in [4.69, 9.17) is 4.74 Å². The first-order chi connectivity index (χ1) is 8.84. The highest BCUT2D eigenvalue weighted by Gasteiger charge is 2.16. The first-order valence-corrected chi connectivity index (χ1v) is 8.45. The van der Waals surface area contributed by atoms with E-state index in [0.717, 1.165) is 17.9 Å².